The molecule has 0 N–H and O–H groups in total. The smallest absolute Gasteiger partial charge is 0.304 e. The zero-order valence-corrected chi connectivity index (χ0v) is 11.8. The summed E-state index contributed by atoms with van der Waals surface area (Å²) in [6.45, 7) is 2.09. The highest BCUT2D eigenvalue weighted by Crippen LogP contribution is 2.29. The maximum Gasteiger partial charge on any atom is 0.304 e. The molecule has 21 heavy (non-hydrogen) atoms. The van der Waals surface area contributed by atoms with E-state index in [1.807, 2.05) is 6.07 Å². The molecule has 1 heterocycles. The van der Waals surface area contributed by atoms with E-state index in [1.165, 1.54) is 18.7 Å². The lowest BCUT2D eigenvalue weighted by molar-refractivity contribution is -0.249. The fraction of sp³-hybridized carbons (Fsp3) is 0.357. The third kappa shape index (κ3) is 3.38. The van der Waals surface area contributed by atoms with Crippen LogP contribution >= 0.6 is 0 Å². The number of ether oxygens (including phenoxy) is 1. The fourth-order valence-electron chi connectivity index (χ4n) is 2.05. The molecule has 1 aliphatic rings. The van der Waals surface area contributed by atoms with Crippen molar-refractivity contribution >= 4 is 17.8 Å². The second-order valence-corrected chi connectivity index (χ2v) is 4.53. The van der Waals surface area contributed by atoms with E-state index in [2.05, 4.69) is 0 Å². The van der Waals surface area contributed by atoms with Gasteiger partial charge in [0, 0.05) is 13.8 Å². The van der Waals surface area contributed by atoms with E-state index in [-0.39, 0.29) is 25.2 Å². The van der Waals surface area contributed by atoms with Crippen molar-refractivity contribution in [3.8, 4) is 0 Å². The number of hydroxylamine groups is 2. The van der Waals surface area contributed by atoms with Gasteiger partial charge >= 0.3 is 5.97 Å². The molecule has 0 bridgehead atoms. The number of benzene rings is 1. The SMILES string of the molecule is CC(=O)OCN1C(=O)CON(C(C)=O)C1c1ccccc1. The Morgan fingerprint density at radius 2 is 1.95 bits per heavy atom. The third-order valence-corrected chi connectivity index (χ3v) is 2.98. The highest BCUT2D eigenvalue weighted by molar-refractivity contribution is 5.81. The van der Waals surface area contributed by atoms with Crippen molar-refractivity contribution < 1.29 is 24.0 Å². The predicted molar refractivity (Wildman–Crippen MR) is 71.1 cm³/mol. The first-order valence-corrected chi connectivity index (χ1v) is 6.41. The van der Waals surface area contributed by atoms with Gasteiger partial charge in [-0.25, -0.2) is 0 Å². The van der Waals surface area contributed by atoms with Crippen LogP contribution in [0.15, 0.2) is 30.3 Å². The molecule has 0 saturated carbocycles. The molecule has 7 heteroatoms. The van der Waals surface area contributed by atoms with Crippen LogP contribution in [0.1, 0.15) is 25.6 Å². The summed E-state index contributed by atoms with van der Waals surface area (Å²) in [6.07, 6.45) is -0.760. The van der Waals surface area contributed by atoms with Crippen molar-refractivity contribution in [3.05, 3.63) is 35.9 Å². The predicted octanol–water partition coefficient (Wildman–Crippen LogP) is 0.828. The van der Waals surface area contributed by atoms with Gasteiger partial charge in [0.25, 0.3) is 5.91 Å². The Balaban J connectivity index is 2.34. The van der Waals surface area contributed by atoms with Crippen LogP contribution in [0.3, 0.4) is 0 Å². The maximum atomic E-state index is 12.0. The van der Waals surface area contributed by atoms with Gasteiger partial charge in [0.15, 0.2) is 19.5 Å². The molecule has 0 aliphatic carbocycles. The van der Waals surface area contributed by atoms with Gasteiger partial charge in [0.05, 0.1) is 0 Å². The Morgan fingerprint density at radius 1 is 1.29 bits per heavy atom. The fourth-order valence-corrected chi connectivity index (χ4v) is 2.05. The van der Waals surface area contributed by atoms with E-state index < -0.39 is 12.1 Å². The van der Waals surface area contributed by atoms with Crippen LogP contribution in [-0.2, 0) is 24.0 Å². The van der Waals surface area contributed by atoms with Gasteiger partial charge in [-0.3, -0.25) is 24.1 Å². The maximum absolute atomic E-state index is 12.0. The zero-order valence-electron chi connectivity index (χ0n) is 11.8. The minimum atomic E-state index is -0.760. The number of esters is 1. The monoisotopic (exact) mass is 292 g/mol. The summed E-state index contributed by atoms with van der Waals surface area (Å²) < 4.78 is 4.90. The highest BCUT2D eigenvalue weighted by atomic mass is 16.7. The Labute approximate surface area is 122 Å². The molecule has 2 amide bonds. The summed E-state index contributed by atoms with van der Waals surface area (Å²) in [7, 11) is 0. The van der Waals surface area contributed by atoms with Gasteiger partial charge in [-0.2, -0.15) is 5.06 Å². The average molecular weight is 292 g/mol. The van der Waals surface area contributed by atoms with Crippen LogP contribution in [0.2, 0.25) is 0 Å². The molecule has 1 fully saturated rings. The summed E-state index contributed by atoms with van der Waals surface area (Å²) in [6, 6.07) is 8.93. The van der Waals surface area contributed by atoms with Crippen LogP contribution in [0.5, 0.6) is 0 Å². The summed E-state index contributed by atoms with van der Waals surface area (Å²) in [5, 5.41) is 1.11. The molecule has 1 aromatic rings. The Morgan fingerprint density at radius 3 is 2.52 bits per heavy atom. The number of carbonyl (C=O) groups is 3. The topological polar surface area (TPSA) is 76.2 Å². The molecule has 0 spiro atoms. The molecule has 2 rings (SSSR count). The molecule has 1 aliphatic heterocycles. The lowest BCUT2D eigenvalue weighted by atomic mass is 10.1. The van der Waals surface area contributed by atoms with Crippen molar-refractivity contribution in [2.24, 2.45) is 0 Å². The third-order valence-electron chi connectivity index (χ3n) is 2.98. The van der Waals surface area contributed by atoms with Crippen LogP contribution < -0.4 is 0 Å². The molecule has 1 aromatic carbocycles. The molecule has 1 atom stereocenters. The first-order valence-electron chi connectivity index (χ1n) is 6.41. The number of rotatable bonds is 3. The number of hydrogen-bond acceptors (Lipinski definition) is 5. The number of carbonyl (C=O) groups excluding carboxylic acids is 3. The van der Waals surface area contributed by atoms with Gasteiger partial charge in [-0.05, 0) is 5.56 Å². The van der Waals surface area contributed by atoms with Gasteiger partial charge in [0.1, 0.15) is 0 Å². The second kappa shape index (κ2) is 6.36. The minimum absolute atomic E-state index is 0.235. The van der Waals surface area contributed by atoms with Gasteiger partial charge in [-0.1, -0.05) is 30.3 Å². The summed E-state index contributed by atoms with van der Waals surface area (Å²) in [4.78, 5) is 41.2. The van der Waals surface area contributed by atoms with Gasteiger partial charge in [-0.15, -0.1) is 0 Å². The first-order chi connectivity index (χ1) is 10.0. The molecular weight excluding hydrogens is 276 g/mol. The standard InChI is InChI=1S/C14H16N2O5/c1-10(17)16-14(12-6-4-3-5-7-12)15(9-20-11(2)18)13(19)8-21-16/h3-7,14H,8-9H2,1-2H3. The van der Waals surface area contributed by atoms with E-state index in [4.69, 9.17) is 9.57 Å². The van der Waals surface area contributed by atoms with E-state index >= 15 is 0 Å². The van der Waals surface area contributed by atoms with Crippen molar-refractivity contribution in [1.82, 2.24) is 9.96 Å². The largest absolute Gasteiger partial charge is 0.444 e. The van der Waals surface area contributed by atoms with E-state index in [0.29, 0.717) is 5.56 Å². The van der Waals surface area contributed by atoms with Gasteiger partial charge in [0.2, 0.25) is 5.91 Å². The first kappa shape index (κ1) is 15.0. The number of nitrogens with zero attached hydrogens (tertiary/aromatic N) is 2. The van der Waals surface area contributed by atoms with Crippen LogP contribution in [-0.4, -0.2) is 41.1 Å². The number of hydrogen-bond donors (Lipinski definition) is 0. The Bertz CT molecular complexity index is 546. The van der Waals surface area contributed by atoms with Crippen molar-refractivity contribution in [2.75, 3.05) is 13.3 Å². The molecule has 1 unspecified atom stereocenters. The zero-order chi connectivity index (χ0) is 15.4. The average Bonchev–Trinajstić information content (AvgIpc) is 2.46. The lowest BCUT2D eigenvalue weighted by Gasteiger charge is -2.41. The van der Waals surface area contributed by atoms with E-state index in [9.17, 15) is 14.4 Å². The van der Waals surface area contributed by atoms with Crippen LogP contribution in [0.4, 0.5) is 0 Å². The van der Waals surface area contributed by atoms with Crippen molar-refractivity contribution in [3.63, 3.8) is 0 Å². The van der Waals surface area contributed by atoms with Gasteiger partial charge < -0.3 is 4.74 Å². The van der Waals surface area contributed by atoms with E-state index in [0.717, 1.165) is 5.06 Å². The molecule has 0 radical (unpaired) electrons. The molecular formula is C14H16N2O5. The number of amides is 2. The normalized spacial score (nSPS) is 18.6. The van der Waals surface area contributed by atoms with Crippen LogP contribution in [0.25, 0.3) is 0 Å². The quantitative estimate of drug-likeness (QED) is 0.771. The highest BCUT2D eigenvalue weighted by Gasteiger charge is 2.38. The summed E-state index contributed by atoms with van der Waals surface area (Å²) in [5.74, 6) is -1.21. The Kier molecular flexibility index (Phi) is 4.54. The minimum Gasteiger partial charge on any atom is -0.444 e. The summed E-state index contributed by atoms with van der Waals surface area (Å²) in [5.41, 5.74) is 0.688. The van der Waals surface area contributed by atoms with E-state index in [1.54, 1.807) is 24.3 Å². The molecule has 112 valence electrons. The molecule has 0 aromatic heterocycles. The van der Waals surface area contributed by atoms with Crippen LogP contribution in [0, 0.1) is 0 Å². The molecule has 7 nitrogen and oxygen atoms in total. The lowest BCUT2D eigenvalue weighted by Crippen LogP contribution is -2.54. The second-order valence-electron chi connectivity index (χ2n) is 4.53. The van der Waals surface area contributed by atoms with Crippen molar-refractivity contribution in [1.29, 1.82) is 0 Å². The Hall–Kier alpha value is -2.41. The molecule has 1 saturated heterocycles. The van der Waals surface area contributed by atoms with Crippen molar-refractivity contribution in [2.45, 2.75) is 20.0 Å². The summed E-state index contributed by atoms with van der Waals surface area (Å²) >= 11 is 0.